The highest BCUT2D eigenvalue weighted by molar-refractivity contribution is 5.31. The van der Waals surface area contributed by atoms with Crippen LogP contribution < -0.4 is 15.6 Å². The third-order valence-electron chi connectivity index (χ3n) is 5.37. The highest BCUT2D eigenvalue weighted by atomic mass is 16.5. The lowest BCUT2D eigenvalue weighted by molar-refractivity contribution is 0.204. The molecule has 3 atom stereocenters. The molecule has 2 aromatic rings. The van der Waals surface area contributed by atoms with Gasteiger partial charge in [-0.15, -0.1) is 0 Å². The van der Waals surface area contributed by atoms with Gasteiger partial charge in [0.15, 0.2) is 0 Å². The van der Waals surface area contributed by atoms with Gasteiger partial charge < -0.3 is 9.26 Å². The Balaban J connectivity index is 1.49. The molecule has 0 aliphatic carbocycles. The number of nitrogens with zero attached hydrogens (tertiary/aromatic N) is 2. The van der Waals surface area contributed by atoms with E-state index in [0.717, 1.165) is 43.3 Å². The number of aryl methyl sites for hydroxylation is 1. The van der Waals surface area contributed by atoms with Gasteiger partial charge in [-0.2, -0.15) is 0 Å². The number of hydrogen-bond donors (Lipinski definition) is 2. The quantitative estimate of drug-likeness (QED) is 0.871. The van der Waals surface area contributed by atoms with Crippen molar-refractivity contribution < 1.29 is 9.26 Å². The number of benzene rings is 1. The van der Waals surface area contributed by atoms with E-state index in [1.807, 2.05) is 13.0 Å². The van der Waals surface area contributed by atoms with Gasteiger partial charge in [0.25, 0.3) is 0 Å². The summed E-state index contributed by atoms with van der Waals surface area (Å²) in [5, 5.41) is 4.26. The van der Waals surface area contributed by atoms with E-state index in [1.165, 1.54) is 12.0 Å². The molecule has 6 heteroatoms. The Bertz CT molecular complexity index is 717. The van der Waals surface area contributed by atoms with Crippen LogP contribution in [0.4, 0.5) is 0 Å². The third kappa shape index (κ3) is 3.42. The van der Waals surface area contributed by atoms with Crippen molar-refractivity contribution >= 4 is 0 Å². The van der Waals surface area contributed by atoms with E-state index < -0.39 is 0 Å². The number of likely N-dealkylation sites (tertiary alicyclic amines) is 1. The predicted molar refractivity (Wildman–Crippen MR) is 95.2 cm³/mol. The van der Waals surface area contributed by atoms with Gasteiger partial charge >= 0.3 is 0 Å². The van der Waals surface area contributed by atoms with Gasteiger partial charge in [-0.1, -0.05) is 17.3 Å². The second kappa shape index (κ2) is 7.15. The molecule has 2 aliphatic rings. The molecule has 2 aliphatic heterocycles. The summed E-state index contributed by atoms with van der Waals surface area (Å²) < 4.78 is 10.7. The Morgan fingerprint density at radius 2 is 2.28 bits per heavy atom. The lowest BCUT2D eigenvalue weighted by Crippen LogP contribution is -2.33. The van der Waals surface area contributed by atoms with Crippen molar-refractivity contribution in [1.29, 1.82) is 0 Å². The maximum atomic E-state index is 5.38. The number of nitrogens with one attached hydrogen (secondary N) is 2. The first-order valence-electron chi connectivity index (χ1n) is 9.04. The first-order chi connectivity index (χ1) is 12.2. The van der Waals surface area contributed by atoms with Crippen LogP contribution in [0.15, 0.2) is 34.9 Å². The molecule has 3 unspecified atom stereocenters. The molecule has 2 saturated heterocycles. The van der Waals surface area contributed by atoms with Gasteiger partial charge in [0.05, 0.1) is 19.2 Å². The predicted octanol–water partition coefficient (Wildman–Crippen LogP) is 2.59. The fourth-order valence-electron chi connectivity index (χ4n) is 4.12. The highest BCUT2D eigenvalue weighted by Crippen LogP contribution is 2.35. The number of hydrogen-bond acceptors (Lipinski definition) is 6. The van der Waals surface area contributed by atoms with Gasteiger partial charge in [-0.25, -0.2) is 5.43 Å². The zero-order valence-corrected chi connectivity index (χ0v) is 14.9. The molecule has 1 aromatic heterocycles. The Morgan fingerprint density at radius 3 is 3.08 bits per heavy atom. The van der Waals surface area contributed by atoms with Crippen molar-refractivity contribution in [2.75, 3.05) is 26.7 Å². The van der Waals surface area contributed by atoms with Gasteiger partial charge in [0.2, 0.25) is 0 Å². The standard InChI is InChI=1S/C19H26N4O2/c1-13-9-17(22-25-13)18-7-4-8-23(18)12-15-11-20-21-19(15)14-5-3-6-16(10-14)24-2/h3,5-6,9-10,15,18-21H,4,7-8,11-12H2,1-2H3. The number of ether oxygens (including phenoxy) is 1. The van der Waals surface area contributed by atoms with Gasteiger partial charge in [0.1, 0.15) is 17.2 Å². The van der Waals surface area contributed by atoms with Crippen LogP contribution >= 0.6 is 0 Å². The zero-order chi connectivity index (χ0) is 17.2. The molecule has 0 amide bonds. The summed E-state index contributed by atoms with van der Waals surface area (Å²) in [5.74, 6) is 2.29. The van der Waals surface area contributed by atoms with Crippen molar-refractivity contribution in [3.63, 3.8) is 0 Å². The zero-order valence-electron chi connectivity index (χ0n) is 14.9. The number of methoxy groups -OCH3 is 1. The van der Waals surface area contributed by atoms with Crippen LogP contribution in [0.2, 0.25) is 0 Å². The van der Waals surface area contributed by atoms with E-state index in [1.54, 1.807) is 7.11 Å². The minimum Gasteiger partial charge on any atom is -0.497 e. The molecule has 3 heterocycles. The molecule has 0 spiro atoms. The van der Waals surface area contributed by atoms with Crippen LogP contribution in [-0.2, 0) is 0 Å². The van der Waals surface area contributed by atoms with E-state index >= 15 is 0 Å². The summed E-state index contributed by atoms with van der Waals surface area (Å²) in [4.78, 5) is 2.56. The first-order valence-corrected chi connectivity index (χ1v) is 9.04. The molecular weight excluding hydrogens is 316 g/mol. The van der Waals surface area contributed by atoms with E-state index in [9.17, 15) is 0 Å². The monoisotopic (exact) mass is 342 g/mol. The van der Waals surface area contributed by atoms with Crippen molar-refractivity contribution in [2.45, 2.75) is 31.8 Å². The number of hydrazine groups is 1. The lowest BCUT2D eigenvalue weighted by atomic mass is 9.94. The van der Waals surface area contributed by atoms with Crippen LogP contribution in [-0.4, -0.2) is 36.8 Å². The van der Waals surface area contributed by atoms with E-state index in [0.29, 0.717) is 12.0 Å². The Kier molecular flexibility index (Phi) is 4.74. The Morgan fingerprint density at radius 1 is 1.36 bits per heavy atom. The van der Waals surface area contributed by atoms with Gasteiger partial charge in [0, 0.05) is 25.1 Å². The smallest absolute Gasteiger partial charge is 0.133 e. The first kappa shape index (κ1) is 16.6. The molecular formula is C19H26N4O2. The van der Waals surface area contributed by atoms with Crippen LogP contribution in [0.5, 0.6) is 5.75 Å². The molecule has 0 saturated carbocycles. The SMILES string of the molecule is COc1cccc(C2NNCC2CN2CCCC2c2cc(C)on2)c1. The van der Waals surface area contributed by atoms with E-state index in [2.05, 4.69) is 45.2 Å². The molecule has 0 bridgehead atoms. The van der Waals surface area contributed by atoms with Crippen molar-refractivity contribution in [3.05, 3.63) is 47.3 Å². The summed E-state index contributed by atoms with van der Waals surface area (Å²) in [5.41, 5.74) is 9.12. The van der Waals surface area contributed by atoms with E-state index in [-0.39, 0.29) is 6.04 Å². The Hall–Kier alpha value is -1.89. The molecule has 25 heavy (non-hydrogen) atoms. The van der Waals surface area contributed by atoms with Crippen molar-refractivity contribution in [1.82, 2.24) is 20.9 Å². The second-order valence-corrected chi connectivity index (χ2v) is 7.05. The summed E-state index contributed by atoms with van der Waals surface area (Å²) in [7, 11) is 1.71. The van der Waals surface area contributed by atoms with Crippen molar-refractivity contribution in [3.8, 4) is 5.75 Å². The molecule has 0 radical (unpaired) electrons. The topological polar surface area (TPSA) is 62.6 Å². The lowest BCUT2D eigenvalue weighted by Gasteiger charge is -2.28. The minimum absolute atomic E-state index is 0.287. The molecule has 4 rings (SSSR count). The fraction of sp³-hybridized carbons (Fsp3) is 0.526. The molecule has 2 fully saturated rings. The molecule has 6 nitrogen and oxygen atoms in total. The summed E-state index contributed by atoms with van der Waals surface area (Å²) in [6.07, 6.45) is 2.37. The molecule has 134 valence electrons. The molecule has 1 aromatic carbocycles. The summed E-state index contributed by atoms with van der Waals surface area (Å²) in [6, 6.07) is 11.1. The van der Waals surface area contributed by atoms with Crippen molar-refractivity contribution in [2.24, 2.45) is 5.92 Å². The number of rotatable bonds is 5. The summed E-state index contributed by atoms with van der Waals surface area (Å²) >= 11 is 0. The average molecular weight is 342 g/mol. The van der Waals surface area contributed by atoms with Gasteiger partial charge in [-0.05, 0) is 44.0 Å². The Labute approximate surface area is 148 Å². The van der Waals surface area contributed by atoms with Crippen LogP contribution in [0.1, 0.15) is 41.9 Å². The van der Waals surface area contributed by atoms with E-state index in [4.69, 9.17) is 9.26 Å². The van der Waals surface area contributed by atoms with Crippen LogP contribution in [0.25, 0.3) is 0 Å². The normalized spacial score (nSPS) is 27.0. The summed E-state index contributed by atoms with van der Waals surface area (Å²) in [6.45, 7) is 5.08. The minimum atomic E-state index is 0.287. The highest BCUT2D eigenvalue weighted by Gasteiger charge is 2.35. The molecule has 2 N–H and O–H groups in total. The fourth-order valence-corrected chi connectivity index (χ4v) is 4.12. The number of aromatic nitrogens is 1. The van der Waals surface area contributed by atoms with Crippen LogP contribution in [0, 0.1) is 12.8 Å². The van der Waals surface area contributed by atoms with Crippen LogP contribution in [0.3, 0.4) is 0 Å². The maximum Gasteiger partial charge on any atom is 0.133 e. The average Bonchev–Trinajstić information content (AvgIpc) is 3.36. The largest absolute Gasteiger partial charge is 0.497 e. The maximum absolute atomic E-state index is 5.38. The second-order valence-electron chi connectivity index (χ2n) is 7.05. The van der Waals surface area contributed by atoms with Gasteiger partial charge in [-0.3, -0.25) is 10.3 Å². The third-order valence-corrected chi connectivity index (χ3v) is 5.37.